The Kier molecular flexibility index (Phi) is 13.6. The summed E-state index contributed by atoms with van der Waals surface area (Å²) in [4.78, 5) is 56.5. The van der Waals surface area contributed by atoms with Gasteiger partial charge in [0, 0.05) is 85.8 Å². The lowest BCUT2D eigenvalue weighted by Gasteiger charge is -2.40. The number of hydrogen-bond donors (Lipinski definition) is 2. The second-order valence-electron chi connectivity index (χ2n) is 17.5. The highest BCUT2D eigenvalue weighted by molar-refractivity contribution is 5.75. The van der Waals surface area contributed by atoms with Gasteiger partial charge in [-0.05, 0) is 75.6 Å². The van der Waals surface area contributed by atoms with E-state index in [4.69, 9.17) is 9.47 Å². The molecule has 2 saturated heterocycles. The first-order chi connectivity index (χ1) is 28.2. The van der Waals surface area contributed by atoms with E-state index in [-0.39, 0.29) is 72.3 Å². The van der Waals surface area contributed by atoms with E-state index in [2.05, 4.69) is 9.80 Å². The topological polar surface area (TPSA) is 144 Å². The zero-order valence-electron chi connectivity index (χ0n) is 34.8. The van der Waals surface area contributed by atoms with Crippen molar-refractivity contribution in [2.24, 2.45) is 35.5 Å². The first-order valence-electron chi connectivity index (χ1n) is 21.8. The summed E-state index contributed by atoms with van der Waals surface area (Å²) < 4.78 is 13.9. The van der Waals surface area contributed by atoms with Crippen molar-refractivity contribution in [1.82, 2.24) is 18.9 Å². The van der Waals surface area contributed by atoms with Crippen LogP contribution in [0.2, 0.25) is 0 Å². The molecule has 58 heavy (non-hydrogen) atoms. The molecule has 0 spiro atoms. The van der Waals surface area contributed by atoms with Crippen LogP contribution in [0.4, 0.5) is 0 Å². The molecule has 12 heteroatoms. The van der Waals surface area contributed by atoms with Gasteiger partial charge in [0.05, 0.1) is 38.1 Å². The number of rotatable bonds is 10. The Labute approximate surface area is 342 Å². The Morgan fingerprint density at radius 2 is 1.02 bits per heavy atom. The Morgan fingerprint density at radius 3 is 1.34 bits per heavy atom. The Balaban J connectivity index is 0.000000177. The highest BCUT2D eigenvalue weighted by Gasteiger charge is 2.58. The second-order valence-corrected chi connectivity index (χ2v) is 17.5. The van der Waals surface area contributed by atoms with Crippen molar-refractivity contribution in [1.29, 1.82) is 0 Å². The van der Waals surface area contributed by atoms with Crippen molar-refractivity contribution in [3.8, 4) is 0 Å². The molecule has 316 valence electrons. The number of aliphatic hydroxyl groups is 2. The van der Waals surface area contributed by atoms with Crippen LogP contribution in [0.15, 0.2) is 46.0 Å². The molecule has 2 aliphatic carbocycles. The highest BCUT2D eigenvalue weighted by atomic mass is 16.5. The number of carbonyl (C=O) groups excluding carboxylic acids is 2. The SMILES string of the molecule is C/C=C/c1ccc2n(c1=O)C[C@H]1[C@H](CO)[C@@H](C(=O)OC)[C@@H]2N1CC1CCCCC1.C/C=C\c1ccc2n(c1=O)C[C@H]1[C@H](CO)[C@@H](C(=O)OC)[C@@H]2N1CC1CCCCC1. The van der Waals surface area contributed by atoms with E-state index >= 15 is 0 Å². The summed E-state index contributed by atoms with van der Waals surface area (Å²) in [5.41, 5.74) is 3.03. The molecule has 4 aliphatic heterocycles. The molecule has 2 aromatic rings. The predicted octanol–water partition coefficient (Wildman–Crippen LogP) is 5.20. The Bertz CT molecular complexity index is 1820. The van der Waals surface area contributed by atoms with Gasteiger partial charge in [-0.3, -0.25) is 29.0 Å². The number of aromatic nitrogens is 2. The molecule has 2 saturated carbocycles. The fraction of sp³-hybridized carbons (Fsp3) is 0.652. The van der Waals surface area contributed by atoms with Crippen LogP contribution in [-0.4, -0.2) is 93.7 Å². The van der Waals surface area contributed by atoms with Crippen molar-refractivity contribution in [2.45, 2.75) is 115 Å². The van der Waals surface area contributed by atoms with Gasteiger partial charge in [-0.2, -0.15) is 0 Å². The van der Waals surface area contributed by atoms with Crippen molar-refractivity contribution < 1.29 is 29.3 Å². The first kappa shape index (κ1) is 42.3. The number of methoxy groups -OCH3 is 2. The maximum atomic E-state index is 13.1. The van der Waals surface area contributed by atoms with Crippen LogP contribution in [-0.2, 0) is 32.2 Å². The van der Waals surface area contributed by atoms with Crippen LogP contribution in [0.5, 0.6) is 0 Å². The van der Waals surface area contributed by atoms with E-state index in [1.54, 1.807) is 0 Å². The van der Waals surface area contributed by atoms with Gasteiger partial charge in [0.2, 0.25) is 0 Å². The van der Waals surface area contributed by atoms with Gasteiger partial charge in [0.15, 0.2) is 0 Å². The van der Waals surface area contributed by atoms with Gasteiger partial charge in [-0.1, -0.05) is 62.8 Å². The number of hydrogen-bond acceptors (Lipinski definition) is 10. The third-order valence-electron chi connectivity index (χ3n) is 14.4. The number of nitrogens with zero attached hydrogens (tertiary/aromatic N) is 4. The molecule has 0 unspecified atom stereocenters. The fourth-order valence-electron chi connectivity index (χ4n) is 11.7. The predicted molar refractivity (Wildman–Crippen MR) is 223 cm³/mol. The lowest BCUT2D eigenvalue weighted by molar-refractivity contribution is -0.149. The summed E-state index contributed by atoms with van der Waals surface area (Å²) in [5, 5.41) is 20.4. The highest BCUT2D eigenvalue weighted by Crippen LogP contribution is 2.51. The van der Waals surface area contributed by atoms with Crippen LogP contribution in [0.25, 0.3) is 12.2 Å². The van der Waals surface area contributed by atoms with E-state index in [0.717, 1.165) is 24.5 Å². The maximum absolute atomic E-state index is 13.1. The third kappa shape index (κ3) is 7.82. The number of esters is 2. The number of fused-ring (bicyclic) bond motifs is 8. The quantitative estimate of drug-likeness (QED) is 0.308. The average Bonchev–Trinajstić information content (AvgIpc) is 3.58. The molecule has 6 heterocycles. The number of pyridine rings is 2. The Hall–Kier alpha value is -3.84. The fourth-order valence-corrected chi connectivity index (χ4v) is 11.7. The van der Waals surface area contributed by atoms with Crippen LogP contribution < -0.4 is 11.1 Å². The summed E-state index contributed by atoms with van der Waals surface area (Å²) in [5.74, 6) is -0.679. The summed E-state index contributed by atoms with van der Waals surface area (Å²) in [6.45, 7) is 6.51. The standard InChI is InChI=1S/2C23H32N2O4/c2*1-3-7-16-10-11-18-21-20(23(28)29-2)17(14-26)19(13-25(18)22(16)27)24(21)12-15-8-5-4-6-9-15/h2*3,7,10-11,15,17,19-21,26H,4-6,8-9,12-14H2,1-2H3/b7-3+;7-3-/t2*17-,19-,20+,21+/m00/s1. The normalized spacial score (nSPS) is 29.9. The first-order valence-corrected chi connectivity index (χ1v) is 21.8. The largest absolute Gasteiger partial charge is 0.469 e. The molecular weight excluding hydrogens is 737 g/mol. The summed E-state index contributed by atoms with van der Waals surface area (Å²) in [7, 11) is 2.82. The van der Waals surface area contributed by atoms with Gasteiger partial charge in [0.1, 0.15) is 0 Å². The maximum Gasteiger partial charge on any atom is 0.311 e. The van der Waals surface area contributed by atoms with Crippen LogP contribution in [0, 0.1) is 35.5 Å². The van der Waals surface area contributed by atoms with E-state index in [9.17, 15) is 29.4 Å². The average molecular weight is 801 g/mol. The molecule has 8 atom stereocenters. The molecule has 0 radical (unpaired) electrons. The zero-order valence-corrected chi connectivity index (χ0v) is 34.8. The molecule has 2 aromatic heterocycles. The molecule has 6 aliphatic rings. The molecule has 0 aromatic carbocycles. The molecule has 8 rings (SSSR count). The molecule has 12 nitrogen and oxygen atoms in total. The minimum Gasteiger partial charge on any atom is -0.469 e. The lowest BCUT2D eigenvalue weighted by atomic mass is 9.87. The van der Waals surface area contributed by atoms with E-state index < -0.39 is 11.8 Å². The molecule has 0 amide bonds. The van der Waals surface area contributed by atoms with Crippen LogP contribution >= 0.6 is 0 Å². The Morgan fingerprint density at radius 1 is 0.638 bits per heavy atom. The molecule has 2 N–H and O–H groups in total. The van der Waals surface area contributed by atoms with Crippen molar-refractivity contribution >= 4 is 24.1 Å². The second kappa shape index (κ2) is 18.6. The lowest BCUT2D eigenvalue weighted by Crippen LogP contribution is -2.48. The number of ether oxygens (including phenoxy) is 2. The summed E-state index contributed by atoms with van der Waals surface area (Å²) >= 11 is 0. The molecule has 4 fully saturated rings. The van der Waals surface area contributed by atoms with Crippen molar-refractivity contribution in [3.63, 3.8) is 0 Å². The number of allylic oxidation sites excluding steroid dienone is 2. The zero-order chi connectivity index (χ0) is 41.1. The van der Waals surface area contributed by atoms with Gasteiger partial charge < -0.3 is 28.8 Å². The van der Waals surface area contributed by atoms with Crippen molar-refractivity contribution in [3.05, 3.63) is 79.6 Å². The van der Waals surface area contributed by atoms with E-state index in [1.807, 2.05) is 71.6 Å². The van der Waals surface area contributed by atoms with Gasteiger partial charge in [-0.25, -0.2) is 0 Å². The van der Waals surface area contributed by atoms with Gasteiger partial charge >= 0.3 is 11.9 Å². The van der Waals surface area contributed by atoms with Crippen molar-refractivity contribution in [2.75, 3.05) is 40.5 Å². The summed E-state index contributed by atoms with van der Waals surface area (Å²) in [6, 6.07) is 7.20. The summed E-state index contributed by atoms with van der Waals surface area (Å²) in [6.07, 6.45) is 19.9. The molecule has 4 bridgehead atoms. The van der Waals surface area contributed by atoms with Gasteiger partial charge in [0.25, 0.3) is 11.1 Å². The van der Waals surface area contributed by atoms with Crippen LogP contribution in [0.1, 0.15) is 113 Å². The minimum absolute atomic E-state index is 0.0184. The van der Waals surface area contributed by atoms with Crippen LogP contribution in [0.3, 0.4) is 0 Å². The van der Waals surface area contributed by atoms with E-state index in [0.29, 0.717) is 36.1 Å². The van der Waals surface area contributed by atoms with Gasteiger partial charge in [-0.15, -0.1) is 0 Å². The number of aliphatic hydroxyl groups excluding tert-OH is 2. The monoisotopic (exact) mass is 800 g/mol. The smallest absolute Gasteiger partial charge is 0.311 e. The number of carbonyl (C=O) groups is 2. The van der Waals surface area contributed by atoms with E-state index in [1.165, 1.54) is 78.4 Å². The minimum atomic E-state index is -0.445. The third-order valence-corrected chi connectivity index (χ3v) is 14.4. The molecular formula is C46H64N4O8.